The first-order valence-corrected chi connectivity index (χ1v) is 10.1. The molecule has 0 saturated carbocycles. The van der Waals surface area contributed by atoms with Gasteiger partial charge in [-0.05, 0) is 37.7 Å². The van der Waals surface area contributed by atoms with Gasteiger partial charge < -0.3 is 14.8 Å². The van der Waals surface area contributed by atoms with Gasteiger partial charge in [0, 0.05) is 11.3 Å². The fraction of sp³-hybridized carbons (Fsp3) is 0.650. The van der Waals surface area contributed by atoms with E-state index in [9.17, 15) is 14.4 Å². The van der Waals surface area contributed by atoms with E-state index in [4.69, 9.17) is 9.47 Å². The highest BCUT2D eigenvalue weighted by atomic mass is 32.1. The molecular formula is C20H31NO5S. The van der Waals surface area contributed by atoms with Crippen molar-refractivity contribution < 1.29 is 23.9 Å². The van der Waals surface area contributed by atoms with Crippen LogP contribution in [0.15, 0.2) is 6.07 Å². The van der Waals surface area contributed by atoms with E-state index in [1.165, 1.54) is 11.3 Å². The number of ether oxygens (including phenoxy) is 2. The van der Waals surface area contributed by atoms with E-state index in [0.717, 1.165) is 11.3 Å². The van der Waals surface area contributed by atoms with Crippen molar-refractivity contribution in [2.45, 2.75) is 66.7 Å². The van der Waals surface area contributed by atoms with Gasteiger partial charge in [-0.25, -0.2) is 4.79 Å². The van der Waals surface area contributed by atoms with Gasteiger partial charge in [0.25, 0.3) is 0 Å². The van der Waals surface area contributed by atoms with Gasteiger partial charge in [0.05, 0.1) is 25.2 Å². The van der Waals surface area contributed by atoms with Crippen molar-refractivity contribution in [3.8, 4) is 0 Å². The van der Waals surface area contributed by atoms with Crippen LogP contribution in [0.1, 0.15) is 82.0 Å². The van der Waals surface area contributed by atoms with Crippen LogP contribution in [0.2, 0.25) is 0 Å². The Hall–Kier alpha value is -1.89. The van der Waals surface area contributed by atoms with Crippen molar-refractivity contribution in [2.24, 2.45) is 5.41 Å². The minimum absolute atomic E-state index is 0.00583. The molecule has 0 aromatic carbocycles. The second-order valence-electron chi connectivity index (χ2n) is 7.63. The summed E-state index contributed by atoms with van der Waals surface area (Å²) in [6.07, 6.45) is 0.963. The van der Waals surface area contributed by atoms with Gasteiger partial charge in [-0.2, -0.15) is 0 Å². The molecule has 27 heavy (non-hydrogen) atoms. The van der Waals surface area contributed by atoms with Gasteiger partial charge in [0.2, 0.25) is 5.91 Å². The molecule has 1 heterocycles. The first-order valence-electron chi connectivity index (χ1n) is 9.33. The lowest BCUT2D eigenvalue weighted by atomic mass is 9.85. The lowest BCUT2D eigenvalue weighted by Crippen LogP contribution is -2.16. The van der Waals surface area contributed by atoms with Gasteiger partial charge in [-0.15, -0.1) is 11.3 Å². The molecule has 0 radical (unpaired) electrons. The van der Waals surface area contributed by atoms with Crippen molar-refractivity contribution in [3.05, 3.63) is 16.5 Å². The maximum absolute atomic E-state index is 12.3. The first kappa shape index (κ1) is 23.1. The summed E-state index contributed by atoms with van der Waals surface area (Å²) in [5.74, 6) is -0.952. The molecule has 1 aromatic heterocycles. The zero-order valence-electron chi connectivity index (χ0n) is 17.1. The molecule has 7 heteroatoms. The van der Waals surface area contributed by atoms with Crippen LogP contribution in [0.3, 0.4) is 0 Å². The van der Waals surface area contributed by atoms with E-state index in [-0.39, 0.29) is 43.3 Å². The largest absolute Gasteiger partial charge is 0.466 e. The lowest BCUT2D eigenvalue weighted by Gasteiger charge is -2.22. The fourth-order valence-electron chi connectivity index (χ4n) is 2.76. The summed E-state index contributed by atoms with van der Waals surface area (Å²) in [4.78, 5) is 36.9. The zero-order chi connectivity index (χ0) is 20.6. The Morgan fingerprint density at radius 3 is 2.30 bits per heavy atom. The number of esters is 2. The monoisotopic (exact) mass is 397 g/mol. The first-order chi connectivity index (χ1) is 12.6. The molecule has 0 bridgehead atoms. The summed E-state index contributed by atoms with van der Waals surface area (Å²) < 4.78 is 9.94. The lowest BCUT2D eigenvalue weighted by molar-refractivity contribution is -0.144. The molecule has 0 saturated heterocycles. The van der Waals surface area contributed by atoms with Crippen LogP contribution >= 0.6 is 11.3 Å². The molecule has 0 aliphatic rings. The number of anilines is 1. The molecular weight excluding hydrogens is 366 g/mol. The smallest absolute Gasteiger partial charge is 0.341 e. The van der Waals surface area contributed by atoms with Gasteiger partial charge in [0.15, 0.2) is 0 Å². The standard InChI is InChI=1S/C20H31NO5S/c1-7-25-17(23)10-9-16(22)21-18-14(19(24)26-8-2)11-15(27-18)13(3)12-20(4,5)6/h11,13H,7-10,12H2,1-6H3,(H,21,22)/t13-/m1/s1. The predicted octanol–water partition coefficient (Wildman–Crippen LogP) is 4.75. The number of nitrogens with one attached hydrogen (secondary N) is 1. The van der Waals surface area contributed by atoms with Gasteiger partial charge >= 0.3 is 11.9 Å². The van der Waals surface area contributed by atoms with Gasteiger partial charge in [-0.1, -0.05) is 27.7 Å². The molecule has 0 aliphatic carbocycles. The highest BCUT2D eigenvalue weighted by Crippen LogP contribution is 2.38. The second kappa shape index (κ2) is 10.4. The van der Waals surface area contributed by atoms with E-state index >= 15 is 0 Å². The summed E-state index contributed by atoms with van der Waals surface area (Å²) in [6, 6.07) is 1.81. The number of thiophene rings is 1. The Kier molecular flexibility index (Phi) is 8.96. The van der Waals surface area contributed by atoms with Crippen molar-refractivity contribution in [2.75, 3.05) is 18.5 Å². The molecule has 0 spiro atoms. The topological polar surface area (TPSA) is 81.7 Å². The van der Waals surface area contributed by atoms with E-state index in [1.807, 2.05) is 0 Å². The summed E-state index contributed by atoms with van der Waals surface area (Å²) in [5, 5.41) is 3.23. The van der Waals surface area contributed by atoms with Crippen molar-refractivity contribution in [1.82, 2.24) is 0 Å². The molecule has 1 atom stereocenters. The molecule has 0 unspecified atom stereocenters. The minimum atomic E-state index is -0.455. The number of rotatable bonds is 9. The Balaban J connectivity index is 2.93. The van der Waals surface area contributed by atoms with Crippen LogP contribution in [-0.4, -0.2) is 31.1 Å². The third kappa shape index (κ3) is 8.12. The second-order valence-corrected chi connectivity index (χ2v) is 8.71. The number of carbonyl (C=O) groups is 3. The fourth-order valence-corrected chi connectivity index (χ4v) is 3.88. The molecule has 1 aromatic rings. The van der Waals surface area contributed by atoms with Gasteiger partial charge in [0.1, 0.15) is 5.00 Å². The van der Waals surface area contributed by atoms with Crippen LogP contribution < -0.4 is 5.32 Å². The SMILES string of the molecule is CCOC(=O)CCC(=O)Nc1sc([C@H](C)CC(C)(C)C)cc1C(=O)OCC. The van der Waals surface area contributed by atoms with Gasteiger partial charge in [-0.3, -0.25) is 9.59 Å². The molecule has 1 amide bonds. The Morgan fingerprint density at radius 1 is 1.11 bits per heavy atom. The number of amides is 1. The van der Waals surface area contributed by atoms with Crippen LogP contribution in [0.4, 0.5) is 5.00 Å². The predicted molar refractivity (Wildman–Crippen MR) is 107 cm³/mol. The molecule has 0 fully saturated rings. The number of hydrogen-bond donors (Lipinski definition) is 1. The molecule has 6 nitrogen and oxygen atoms in total. The number of hydrogen-bond acceptors (Lipinski definition) is 6. The third-order valence-electron chi connectivity index (χ3n) is 3.77. The van der Waals surface area contributed by atoms with Crippen LogP contribution in [0.25, 0.3) is 0 Å². The van der Waals surface area contributed by atoms with E-state index in [0.29, 0.717) is 10.6 Å². The zero-order valence-corrected chi connectivity index (χ0v) is 18.0. The minimum Gasteiger partial charge on any atom is -0.466 e. The highest BCUT2D eigenvalue weighted by Gasteiger charge is 2.24. The summed E-state index contributed by atoms with van der Waals surface area (Å²) in [6.45, 7) is 12.6. The van der Waals surface area contributed by atoms with E-state index in [1.54, 1.807) is 19.9 Å². The maximum Gasteiger partial charge on any atom is 0.341 e. The van der Waals surface area contributed by atoms with Crippen molar-refractivity contribution >= 4 is 34.2 Å². The molecule has 0 aliphatic heterocycles. The van der Waals surface area contributed by atoms with Crippen LogP contribution in [-0.2, 0) is 19.1 Å². The van der Waals surface area contributed by atoms with Crippen molar-refractivity contribution in [3.63, 3.8) is 0 Å². The van der Waals surface area contributed by atoms with Crippen molar-refractivity contribution in [1.29, 1.82) is 0 Å². The molecule has 1 rings (SSSR count). The quantitative estimate of drug-likeness (QED) is 0.608. The third-order valence-corrected chi connectivity index (χ3v) is 5.05. The summed E-state index contributed by atoms with van der Waals surface area (Å²) in [5.41, 5.74) is 0.512. The van der Waals surface area contributed by atoms with Crippen LogP contribution in [0.5, 0.6) is 0 Å². The molecule has 152 valence electrons. The number of carbonyl (C=O) groups excluding carboxylic acids is 3. The maximum atomic E-state index is 12.3. The average Bonchev–Trinajstić information content (AvgIpc) is 2.96. The Labute approximate surface area is 165 Å². The summed E-state index contributed by atoms with van der Waals surface area (Å²) in [7, 11) is 0. The highest BCUT2D eigenvalue weighted by molar-refractivity contribution is 7.16. The Morgan fingerprint density at radius 2 is 1.74 bits per heavy atom. The average molecular weight is 398 g/mol. The Bertz CT molecular complexity index is 660. The van der Waals surface area contributed by atoms with E-state index < -0.39 is 11.9 Å². The van der Waals surface area contributed by atoms with E-state index in [2.05, 4.69) is 33.0 Å². The van der Waals surface area contributed by atoms with Crippen LogP contribution in [0, 0.1) is 5.41 Å². The normalized spacial score (nSPS) is 12.4. The summed E-state index contributed by atoms with van der Waals surface area (Å²) >= 11 is 1.39. The molecule has 1 N–H and O–H groups in total.